The van der Waals surface area contributed by atoms with Crippen LogP contribution in [0.1, 0.15) is 76.2 Å². The van der Waals surface area contributed by atoms with Crippen LogP contribution >= 0.6 is 0 Å². The highest BCUT2D eigenvalue weighted by Gasteiger charge is 2.31. The molecule has 13 heteroatoms. The van der Waals surface area contributed by atoms with Crippen molar-refractivity contribution in [3.63, 3.8) is 0 Å². The Hall–Kier alpha value is -15.9. The lowest BCUT2D eigenvalue weighted by atomic mass is 9.97. The third-order valence-corrected chi connectivity index (χ3v) is 25.1. The van der Waals surface area contributed by atoms with Gasteiger partial charge >= 0.3 is 0 Å². The fraction of sp³-hybridized carbons (Fsp3) is 0.128. The second kappa shape index (κ2) is 32.5. The second-order valence-electron chi connectivity index (χ2n) is 33.6. The van der Waals surface area contributed by atoms with Crippen LogP contribution in [0.3, 0.4) is 0 Å². The number of hydrogen-bond acceptors (Lipinski definition) is 8. The average molecular weight is 1710 g/mol. The molecule has 25 rings (SSSR count). The van der Waals surface area contributed by atoms with Crippen molar-refractivity contribution in [2.75, 3.05) is 0 Å². The van der Waals surface area contributed by atoms with E-state index in [2.05, 4.69) is 185 Å². The molecule has 13 aromatic heterocycles. The Morgan fingerprint density at radius 1 is 0.246 bits per heavy atom. The van der Waals surface area contributed by atoms with Gasteiger partial charge in [0.2, 0.25) is 28.5 Å². The first-order valence-electron chi connectivity index (χ1n) is 50.5. The van der Waals surface area contributed by atoms with Crippen LogP contribution in [0.5, 0.6) is 0 Å². The molecule has 0 N–H and O–H groups in total. The third kappa shape index (κ3) is 14.0. The van der Waals surface area contributed by atoms with Crippen molar-refractivity contribution in [2.45, 2.75) is 68.9 Å². The normalized spacial score (nSPS) is 13.8. The molecular weight excluding hydrogens is 1600 g/mol. The van der Waals surface area contributed by atoms with E-state index in [-0.39, 0.29) is 27.8 Å². The Morgan fingerprint density at radius 2 is 0.631 bits per heavy atom. The Morgan fingerprint density at radius 3 is 1.12 bits per heavy atom. The molecule has 0 unspecified atom stereocenters. The van der Waals surface area contributed by atoms with E-state index in [0.29, 0.717) is 44.3 Å². The number of pyridine rings is 8. The van der Waals surface area contributed by atoms with E-state index in [4.69, 9.17) is 47.6 Å². The largest absolute Gasteiger partial charge is 0.455 e. The molecule has 0 aliphatic heterocycles. The van der Waals surface area contributed by atoms with E-state index < -0.39 is 34.3 Å². The van der Waals surface area contributed by atoms with Crippen molar-refractivity contribution in [1.82, 2.24) is 15.0 Å². The molecule has 13 nitrogen and oxygen atoms in total. The molecule has 0 spiro atoms. The summed E-state index contributed by atoms with van der Waals surface area (Å²) in [5.74, 6) is 0. The molecule has 25 aromatic rings. The van der Waals surface area contributed by atoms with Crippen LogP contribution in [0.25, 0.3) is 220 Å². The summed E-state index contributed by atoms with van der Waals surface area (Å²) in [5.41, 5.74) is 26.0. The fourth-order valence-corrected chi connectivity index (χ4v) is 19.0. The van der Waals surface area contributed by atoms with Crippen molar-refractivity contribution >= 4 is 164 Å². The highest BCUT2D eigenvalue weighted by atomic mass is 16.3. The van der Waals surface area contributed by atoms with Gasteiger partial charge < -0.3 is 22.1 Å². The predicted molar refractivity (Wildman–Crippen MR) is 530 cm³/mol. The molecule has 0 saturated carbocycles. The first-order valence-corrected chi connectivity index (χ1v) is 43.0. The molecule has 130 heavy (non-hydrogen) atoms. The summed E-state index contributed by atoms with van der Waals surface area (Å²) in [6, 6.07) is 88.9. The van der Waals surface area contributed by atoms with E-state index in [1.807, 2.05) is 143 Å². The Balaban J connectivity index is 0.000000107. The lowest BCUT2D eigenvalue weighted by Gasteiger charge is -2.08. The van der Waals surface area contributed by atoms with Crippen molar-refractivity contribution in [3.05, 3.63) is 372 Å². The monoisotopic (exact) mass is 1710 g/mol. The molecule has 0 saturated heterocycles. The van der Waals surface area contributed by atoms with Crippen LogP contribution in [-0.2, 0) is 35.2 Å². The number of fused-ring (bicyclic) bond motifs is 23. The zero-order valence-electron chi connectivity index (χ0n) is 88.1. The summed E-state index contributed by atoms with van der Waals surface area (Å²) in [4.78, 5) is 13.9. The lowest BCUT2D eigenvalue weighted by molar-refractivity contribution is -0.659. The van der Waals surface area contributed by atoms with E-state index >= 15 is 0 Å². The number of nitrogens with zero attached hydrogens (tertiary/aromatic N) is 8. The van der Waals surface area contributed by atoms with Gasteiger partial charge in [0.05, 0.1) is 16.6 Å². The molecule has 13 heterocycles. The van der Waals surface area contributed by atoms with Gasteiger partial charge in [0.15, 0.2) is 58.9 Å². The number of furan rings is 5. The summed E-state index contributed by atoms with van der Waals surface area (Å²) < 4.78 is 159. The second-order valence-corrected chi connectivity index (χ2v) is 33.6. The Bertz CT molecular complexity index is 9180. The van der Waals surface area contributed by atoms with Gasteiger partial charge in [-0.2, -0.15) is 9.13 Å². The summed E-state index contributed by atoms with van der Waals surface area (Å²) in [5, 5.41) is 16.1. The van der Waals surface area contributed by atoms with Gasteiger partial charge in [-0.1, -0.05) is 187 Å². The standard InChI is InChI=1S/C25H22NO.C24H21N2O.C23H19N2O.C23H18NO.C22H17N2O/c1-15-9-10-20(16(2)11-15)24-23-21-12-18-7-5-6-8-19(18)13-22(21)27-25(23)17(3)14-26(24)4;1-14-9-10-18(15(2)11-14)23-21-22-20(27-24(21)16(3)13-26(23)4)12-17-7-5-6-8-19(17)25-22;1-14-6-8-17(15(2)13-14)22-20-18-9-7-16-5-4-11-24-21(16)23(18)26-19(20)10-12-25(22)3;1-15-7-3-5-9-17(15)22-21-19-12-11-16-8-4-6-10-18(16)23(19)25-20(21)13-14-24(22)2;1-14-6-3-4-8-16(14)21-19-17-10-9-15-7-5-12-23-20(15)22(17)25-18(19)11-13-24(21)2/h5-14H,1-4H3;5-13H,1-4H3;4-13H,1-3H3;3-14H,1-2H3;3-13H,1-2H3/q5*+1/i2*1D3,3D3;1D3;;. The summed E-state index contributed by atoms with van der Waals surface area (Å²) >= 11 is 0. The first kappa shape index (κ1) is 65.7. The minimum absolute atomic E-state index is 0.0996. The van der Waals surface area contributed by atoms with Crippen LogP contribution in [0, 0.1) is 68.9 Å². The number of aromatic nitrogens is 8. The number of aryl methyl sites for hydroxylation is 15. The van der Waals surface area contributed by atoms with Crippen LogP contribution < -0.4 is 22.8 Å². The van der Waals surface area contributed by atoms with Crippen LogP contribution in [0.15, 0.2) is 338 Å². The van der Waals surface area contributed by atoms with Crippen LogP contribution in [0.4, 0.5) is 0 Å². The van der Waals surface area contributed by atoms with E-state index in [0.717, 1.165) is 154 Å². The number of rotatable bonds is 5. The van der Waals surface area contributed by atoms with Gasteiger partial charge in [-0.25, -0.2) is 18.7 Å². The van der Waals surface area contributed by atoms with Crippen molar-refractivity contribution in [3.8, 4) is 56.3 Å². The van der Waals surface area contributed by atoms with Gasteiger partial charge in [-0.15, -0.1) is 0 Å². The molecule has 0 aliphatic carbocycles. The van der Waals surface area contributed by atoms with Crippen LogP contribution in [0.2, 0.25) is 0 Å². The van der Waals surface area contributed by atoms with Crippen LogP contribution in [-0.4, -0.2) is 15.0 Å². The molecule has 0 amide bonds. The summed E-state index contributed by atoms with van der Waals surface area (Å²) in [6.45, 7) is -1.32. The third-order valence-electron chi connectivity index (χ3n) is 25.1. The molecule has 0 aliphatic rings. The predicted octanol–water partition coefficient (Wildman–Crippen LogP) is 27.4. The smallest absolute Gasteiger partial charge is 0.226 e. The molecule has 12 aromatic carbocycles. The van der Waals surface area contributed by atoms with Gasteiger partial charge in [-0.3, -0.25) is 9.97 Å². The molecule has 0 atom stereocenters. The molecular formula is C117H97N8O5+5. The minimum atomic E-state index is -2.39. The first-order chi connectivity index (χ1) is 69.2. The Kier molecular flexibility index (Phi) is 16.4. The van der Waals surface area contributed by atoms with Crippen molar-refractivity contribution in [2.24, 2.45) is 35.2 Å². The number of benzene rings is 12. The number of hydrogen-bond donors (Lipinski definition) is 0. The fourth-order valence-electron chi connectivity index (χ4n) is 19.0. The van der Waals surface area contributed by atoms with E-state index in [1.54, 1.807) is 90.4 Å². The zero-order chi connectivity index (χ0) is 102. The molecule has 0 radical (unpaired) electrons. The van der Waals surface area contributed by atoms with Crippen molar-refractivity contribution < 1.29 is 65.5 Å². The zero-order valence-corrected chi connectivity index (χ0v) is 73.1. The van der Waals surface area contributed by atoms with E-state index in [1.165, 1.54) is 49.8 Å². The maximum absolute atomic E-state index is 8.08. The minimum Gasteiger partial charge on any atom is -0.455 e. The maximum Gasteiger partial charge on any atom is 0.226 e. The highest BCUT2D eigenvalue weighted by molar-refractivity contribution is 6.21. The number of para-hydroxylation sites is 1. The van der Waals surface area contributed by atoms with Gasteiger partial charge in [0.1, 0.15) is 107 Å². The molecule has 0 fully saturated rings. The SMILES string of the molecule is Cc1ccccc1-c1c2c(cc[n+]1C)oc1c2ccc2cccnc21.Cc1ccccc1-c1c2c(cc[n+]1C)oc1c3ccccc3ccc12.[2H]C([2H])([2H])c1ccc(-c2c3c(cc[n+]2C)oc2c3ccc3cccnc32)c(C)c1.[2H]C([2H])([2H])c1ccc(-c2c3c(oc4cc5ccccc5cc43)c(C([2H])([2H])[2H])c[n+]2C)c(C)c1.[2H]C([2H])([2H])c1ccc(-c2c3c(oc4cc5ccccc5nc43)c(C([2H])([2H])[2H])c[n+]2C)c(C)c1. The highest BCUT2D eigenvalue weighted by Crippen LogP contribution is 2.45. The van der Waals surface area contributed by atoms with Gasteiger partial charge in [-0.05, 0) is 198 Å². The molecule has 0 bridgehead atoms. The van der Waals surface area contributed by atoms with Gasteiger partial charge in [0.25, 0.3) is 0 Å². The Labute approximate surface area is 773 Å². The quantitative estimate of drug-likeness (QED) is 0.156. The summed E-state index contributed by atoms with van der Waals surface area (Å²) in [6.07, 6.45) is 12.8. The van der Waals surface area contributed by atoms with Gasteiger partial charge in [0, 0.05) is 122 Å². The maximum atomic E-state index is 8.08. The lowest BCUT2D eigenvalue weighted by Crippen LogP contribution is -2.31. The topological polar surface area (TPSA) is 124 Å². The van der Waals surface area contributed by atoms with E-state index in [9.17, 15) is 0 Å². The average Bonchev–Trinajstić information content (AvgIpc) is 1.57. The van der Waals surface area contributed by atoms with Crippen molar-refractivity contribution in [1.29, 1.82) is 0 Å². The summed E-state index contributed by atoms with van der Waals surface area (Å²) in [7, 11) is 9.76. The molecule has 630 valence electrons.